The third-order valence-corrected chi connectivity index (χ3v) is 4.90. The Balaban J connectivity index is 2.24. The zero-order chi connectivity index (χ0) is 18.9. The smallest absolute Gasteiger partial charge is 0.272 e. The standard InChI is InChI=1S/C16H18ClF2N3O2S/c1-16(2,3)21-25(24)9-7-12(22(4)8-9)15(23)20-11-6-5-10(18)13(17)14(11)19/h5-8,21H,1-4H3,(H,20,23). The molecule has 0 spiro atoms. The summed E-state index contributed by atoms with van der Waals surface area (Å²) < 4.78 is 43.7. The number of hydrogen-bond acceptors (Lipinski definition) is 2. The first-order valence-corrected chi connectivity index (χ1v) is 8.83. The molecule has 0 aliphatic carbocycles. The van der Waals surface area contributed by atoms with Crippen LogP contribution in [-0.4, -0.2) is 20.2 Å². The summed E-state index contributed by atoms with van der Waals surface area (Å²) in [4.78, 5) is 12.8. The second-order valence-corrected chi connectivity index (χ2v) is 8.06. The van der Waals surface area contributed by atoms with E-state index in [1.54, 1.807) is 7.05 Å². The number of amides is 1. The summed E-state index contributed by atoms with van der Waals surface area (Å²) in [5.41, 5.74) is -0.455. The van der Waals surface area contributed by atoms with Gasteiger partial charge in [0.2, 0.25) is 0 Å². The number of aryl methyl sites for hydroxylation is 1. The largest absolute Gasteiger partial charge is 0.345 e. The van der Waals surface area contributed by atoms with Crippen LogP contribution in [0.3, 0.4) is 0 Å². The second kappa shape index (κ2) is 7.23. The van der Waals surface area contributed by atoms with Crippen molar-refractivity contribution in [1.82, 2.24) is 9.29 Å². The van der Waals surface area contributed by atoms with Gasteiger partial charge < -0.3 is 9.88 Å². The molecule has 0 aliphatic rings. The van der Waals surface area contributed by atoms with Gasteiger partial charge in [0.25, 0.3) is 5.91 Å². The molecule has 0 bridgehead atoms. The first kappa shape index (κ1) is 19.6. The molecular formula is C16H18ClF2N3O2S. The maximum atomic E-state index is 13.9. The molecule has 25 heavy (non-hydrogen) atoms. The first-order chi connectivity index (χ1) is 11.5. The van der Waals surface area contributed by atoms with E-state index in [1.165, 1.54) is 16.8 Å². The van der Waals surface area contributed by atoms with Crippen LogP contribution in [0.25, 0.3) is 0 Å². The molecule has 2 N–H and O–H groups in total. The van der Waals surface area contributed by atoms with Gasteiger partial charge in [0.1, 0.15) is 27.5 Å². The molecule has 1 unspecified atom stereocenters. The van der Waals surface area contributed by atoms with E-state index in [-0.39, 0.29) is 16.9 Å². The van der Waals surface area contributed by atoms with Crippen LogP contribution in [0.5, 0.6) is 0 Å². The van der Waals surface area contributed by atoms with Gasteiger partial charge in [-0.15, -0.1) is 0 Å². The minimum absolute atomic E-state index is 0.166. The van der Waals surface area contributed by atoms with Gasteiger partial charge in [-0.25, -0.2) is 17.7 Å². The highest BCUT2D eigenvalue weighted by Gasteiger charge is 2.20. The van der Waals surface area contributed by atoms with E-state index >= 15 is 0 Å². The minimum atomic E-state index is -1.51. The van der Waals surface area contributed by atoms with Crippen LogP contribution in [0, 0.1) is 11.6 Å². The molecule has 0 saturated heterocycles. The lowest BCUT2D eigenvalue weighted by Gasteiger charge is -2.18. The Morgan fingerprint density at radius 3 is 2.52 bits per heavy atom. The van der Waals surface area contributed by atoms with Gasteiger partial charge in [0.15, 0.2) is 5.82 Å². The van der Waals surface area contributed by atoms with E-state index in [4.69, 9.17) is 11.6 Å². The van der Waals surface area contributed by atoms with Crippen molar-refractivity contribution >= 4 is 34.2 Å². The summed E-state index contributed by atoms with van der Waals surface area (Å²) in [5, 5.41) is 1.64. The zero-order valence-corrected chi connectivity index (χ0v) is 15.7. The van der Waals surface area contributed by atoms with Gasteiger partial charge in [-0.3, -0.25) is 4.79 Å². The van der Waals surface area contributed by atoms with E-state index in [2.05, 4.69) is 10.0 Å². The fourth-order valence-electron chi connectivity index (χ4n) is 2.01. The maximum absolute atomic E-state index is 13.9. The number of halogens is 3. The number of aromatic nitrogens is 1. The van der Waals surface area contributed by atoms with E-state index < -0.39 is 33.5 Å². The molecule has 1 atom stereocenters. The molecule has 0 aliphatic heterocycles. The van der Waals surface area contributed by atoms with Crippen molar-refractivity contribution < 1.29 is 17.8 Å². The minimum Gasteiger partial charge on any atom is -0.345 e. The van der Waals surface area contributed by atoms with Crippen LogP contribution >= 0.6 is 11.6 Å². The molecule has 2 aromatic rings. The summed E-state index contributed by atoms with van der Waals surface area (Å²) in [7, 11) is 0.0858. The first-order valence-electron chi connectivity index (χ1n) is 7.30. The number of nitrogens with one attached hydrogen (secondary N) is 2. The van der Waals surface area contributed by atoms with Crippen molar-refractivity contribution in [2.45, 2.75) is 31.2 Å². The Morgan fingerprint density at radius 1 is 1.28 bits per heavy atom. The van der Waals surface area contributed by atoms with Gasteiger partial charge in [-0.05, 0) is 39.0 Å². The van der Waals surface area contributed by atoms with Crippen molar-refractivity contribution in [1.29, 1.82) is 0 Å². The lowest BCUT2D eigenvalue weighted by molar-refractivity contribution is 0.101. The predicted octanol–water partition coefficient (Wildman–Crippen LogP) is 3.62. The molecule has 9 heteroatoms. The fraction of sp³-hybridized carbons (Fsp3) is 0.312. The molecule has 1 aromatic carbocycles. The van der Waals surface area contributed by atoms with E-state index in [9.17, 15) is 17.8 Å². The van der Waals surface area contributed by atoms with Gasteiger partial charge in [0, 0.05) is 18.8 Å². The summed E-state index contributed by atoms with van der Waals surface area (Å²) in [5.74, 6) is -2.60. The van der Waals surface area contributed by atoms with E-state index in [0.29, 0.717) is 4.90 Å². The Kier molecular flexibility index (Phi) is 5.65. The van der Waals surface area contributed by atoms with Crippen molar-refractivity contribution in [3.8, 4) is 0 Å². The van der Waals surface area contributed by atoms with Gasteiger partial charge >= 0.3 is 0 Å². The number of anilines is 1. The predicted molar refractivity (Wildman–Crippen MR) is 94.0 cm³/mol. The van der Waals surface area contributed by atoms with Gasteiger partial charge in [-0.1, -0.05) is 11.6 Å². The molecule has 0 saturated carbocycles. The quantitative estimate of drug-likeness (QED) is 0.784. The zero-order valence-electron chi connectivity index (χ0n) is 14.1. The van der Waals surface area contributed by atoms with Crippen LogP contribution in [0.2, 0.25) is 5.02 Å². The van der Waals surface area contributed by atoms with Crippen molar-refractivity contribution in [2.24, 2.45) is 7.05 Å². The molecule has 1 amide bonds. The van der Waals surface area contributed by atoms with Crippen LogP contribution in [0.4, 0.5) is 14.5 Å². The van der Waals surface area contributed by atoms with Crippen LogP contribution in [0.15, 0.2) is 29.3 Å². The lowest BCUT2D eigenvalue weighted by atomic mass is 10.1. The summed E-state index contributed by atoms with van der Waals surface area (Å²) in [6.45, 7) is 5.59. The van der Waals surface area contributed by atoms with Crippen LogP contribution < -0.4 is 10.0 Å². The monoisotopic (exact) mass is 389 g/mol. The highest BCUT2D eigenvalue weighted by molar-refractivity contribution is 7.83. The maximum Gasteiger partial charge on any atom is 0.272 e. The Labute approximate surface area is 152 Å². The van der Waals surface area contributed by atoms with Crippen molar-refractivity contribution in [3.63, 3.8) is 0 Å². The molecule has 136 valence electrons. The summed E-state index contributed by atoms with van der Waals surface area (Å²) in [6.07, 6.45) is 1.54. The number of nitrogens with zero attached hydrogens (tertiary/aromatic N) is 1. The van der Waals surface area contributed by atoms with Gasteiger partial charge in [0.05, 0.1) is 10.6 Å². The molecule has 5 nitrogen and oxygen atoms in total. The molecular weight excluding hydrogens is 372 g/mol. The number of carbonyl (C=O) groups is 1. The molecule has 0 fully saturated rings. The third-order valence-electron chi connectivity index (χ3n) is 3.11. The molecule has 0 radical (unpaired) electrons. The van der Waals surface area contributed by atoms with Crippen molar-refractivity contribution in [3.05, 3.63) is 46.7 Å². The molecule has 1 aromatic heterocycles. The second-order valence-electron chi connectivity index (χ2n) is 6.47. The highest BCUT2D eigenvalue weighted by Crippen LogP contribution is 2.26. The Bertz CT molecular complexity index is 847. The van der Waals surface area contributed by atoms with Gasteiger partial charge in [-0.2, -0.15) is 0 Å². The van der Waals surface area contributed by atoms with E-state index in [1.807, 2.05) is 20.8 Å². The van der Waals surface area contributed by atoms with E-state index in [0.717, 1.165) is 12.1 Å². The number of rotatable bonds is 4. The third kappa shape index (κ3) is 4.65. The SMILES string of the molecule is Cn1cc(S(=O)NC(C)(C)C)cc1C(=O)Nc1ccc(F)c(Cl)c1F. The number of carbonyl (C=O) groups excluding carboxylic acids is 1. The summed E-state index contributed by atoms with van der Waals surface area (Å²) >= 11 is 5.50. The Morgan fingerprint density at radius 2 is 1.92 bits per heavy atom. The fourth-order valence-corrected chi connectivity index (χ4v) is 3.32. The molecule has 1 heterocycles. The lowest BCUT2D eigenvalue weighted by Crippen LogP contribution is -2.36. The van der Waals surface area contributed by atoms with Crippen LogP contribution in [0.1, 0.15) is 31.3 Å². The number of benzene rings is 1. The summed E-state index contributed by atoms with van der Waals surface area (Å²) in [6, 6.07) is 3.48. The highest BCUT2D eigenvalue weighted by atomic mass is 35.5. The normalized spacial score (nSPS) is 12.9. The molecule has 2 rings (SSSR count). The topological polar surface area (TPSA) is 63.1 Å². The average Bonchev–Trinajstić information content (AvgIpc) is 2.88. The average molecular weight is 390 g/mol. The Hall–Kier alpha value is -1.77. The number of hydrogen-bond donors (Lipinski definition) is 2. The van der Waals surface area contributed by atoms with Crippen LogP contribution in [-0.2, 0) is 18.0 Å². The van der Waals surface area contributed by atoms with Crippen molar-refractivity contribution in [2.75, 3.05) is 5.32 Å².